The van der Waals surface area contributed by atoms with Crippen LogP contribution < -0.4 is 20.7 Å². The van der Waals surface area contributed by atoms with Crippen LogP contribution in [0.25, 0.3) is 0 Å². The summed E-state index contributed by atoms with van der Waals surface area (Å²) in [6, 6.07) is 22.6. The van der Waals surface area contributed by atoms with E-state index >= 15 is 0 Å². The molecule has 0 heterocycles. The lowest BCUT2D eigenvalue weighted by Crippen LogP contribution is -2.30. The Morgan fingerprint density at radius 3 is 2.34 bits per heavy atom. The van der Waals surface area contributed by atoms with Gasteiger partial charge in [-0.1, -0.05) is 45.7 Å². The zero-order valence-electron chi connectivity index (χ0n) is 15.6. The van der Waals surface area contributed by atoms with Crippen LogP contribution >= 0.6 is 27.5 Å². The SMILES string of the molecule is O=C(NCCCOc1ccc(Br)cc1Cl)Nc1ccc(Nc2ccccc2)cc1. The van der Waals surface area contributed by atoms with E-state index in [9.17, 15) is 4.79 Å². The normalized spacial score (nSPS) is 10.3. The van der Waals surface area contributed by atoms with Crippen LogP contribution in [0, 0.1) is 0 Å². The van der Waals surface area contributed by atoms with Gasteiger partial charge in [-0.15, -0.1) is 0 Å². The molecule has 3 rings (SSSR count). The van der Waals surface area contributed by atoms with E-state index in [1.807, 2.05) is 66.7 Å². The van der Waals surface area contributed by atoms with Crippen LogP contribution in [-0.4, -0.2) is 19.2 Å². The molecule has 0 aromatic heterocycles. The van der Waals surface area contributed by atoms with Crippen molar-refractivity contribution in [1.82, 2.24) is 5.32 Å². The molecule has 0 spiro atoms. The number of anilines is 3. The summed E-state index contributed by atoms with van der Waals surface area (Å²) in [5, 5.41) is 9.47. The van der Waals surface area contributed by atoms with Crippen molar-refractivity contribution >= 4 is 50.6 Å². The molecular formula is C22H21BrClN3O2. The average molecular weight is 475 g/mol. The molecule has 0 saturated carbocycles. The lowest BCUT2D eigenvalue weighted by Gasteiger charge is -2.11. The predicted molar refractivity (Wildman–Crippen MR) is 122 cm³/mol. The molecule has 0 aliphatic carbocycles. The minimum Gasteiger partial charge on any atom is -0.492 e. The summed E-state index contributed by atoms with van der Waals surface area (Å²) in [6.07, 6.45) is 0.666. The van der Waals surface area contributed by atoms with Gasteiger partial charge in [-0.2, -0.15) is 0 Å². The van der Waals surface area contributed by atoms with Gasteiger partial charge in [0.2, 0.25) is 0 Å². The number of hydrogen-bond donors (Lipinski definition) is 3. The van der Waals surface area contributed by atoms with Crippen molar-refractivity contribution in [2.75, 3.05) is 23.8 Å². The van der Waals surface area contributed by atoms with Crippen LogP contribution in [0.4, 0.5) is 21.9 Å². The van der Waals surface area contributed by atoms with Crippen molar-refractivity contribution in [2.45, 2.75) is 6.42 Å². The summed E-state index contributed by atoms with van der Waals surface area (Å²) in [5.41, 5.74) is 2.68. The number of carbonyl (C=O) groups excluding carboxylic acids is 1. The van der Waals surface area contributed by atoms with Gasteiger partial charge in [-0.3, -0.25) is 0 Å². The first kappa shape index (κ1) is 21.0. The summed E-state index contributed by atoms with van der Waals surface area (Å²) >= 11 is 9.45. The molecule has 3 aromatic carbocycles. The van der Waals surface area contributed by atoms with E-state index in [0.29, 0.717) is 30.3 Å². The van der Waals surface area contributed by atoms with Crippen molar-refractivity contribution in [3.05, 3.63) is 82.3 Å². The molecule has 0 bridgehead atoms. The molecule has 0 aliphatic rings. The third-order valence-electron chi connectivity index (χ3n) is 3.96. The Morgan fingerprint density at radius 1 is 0.931 bits per heavy atom. The maximum Gasteiger partial charge on any atom is 0.319 e. The number of urea groups is 1. The van der Waals surface area contributed by atoms with Gasteiger partial charge >= 0.3 is 6.03 Å². The molecule has 7 heteroatoms. The molecular weight excluding hydrogens is 454 g/mol. The van der Waals surface area contributed by atoms with E-state index in [2.05, 4.69) is 31.9 Å². The highest BCUT2D eigenvalue weighted by molar-refractivity contribution is 9.10. The lowest BCUT2D eigenvalue weighted by molar-refractivity contribution is 0.250. The van der Waals surface area contributed by atoms with Crippen molar-refractivity contribution in [1.29, 1.82) is 0 Å². The van der Waals surface area contributed by atoms with Crippen LogP contribution in [0.15, 0.2) is 77.3 Å². The van der Waals surface area contributed by atoms with Crippen molar-refractivity contribution in [3.8, 4) is 5.75 Å². The first-order valence-electron chi connectivity index (χ1n) is 9.15. The molecule has 3 aromatic rings. The Hall–Kier alpha value is -2.70. The van der Waals surface area contributed by atoms with Gasteiger partial charge in [0.05, 0.1) is 11.6 Å². The zero-order valence-corrected chi connectivity index (χ0v) is 18.0. The van der Waals surface area contributed by atoms with Gasteiger partial charge in [-0.25, -0.2) is 4.79 Å². The topological polar surface area (TPSA) is 62.4 Å². The Labute approximate surface area is 183 Å². The molecule has 0 saturated heterocycles. The van der Waals surface area contributed by atoms with Crippen molar-refractivity contribution in [2.24, 2.45) is 0 Å². The van der Waals surface area contributed by atoms with E-state index in [4.69, 9.17) is 16.3 Å². The first-order valence-corrected chi connectivity index (χ1v) is 10.3. The Kier molecular flexibility index (Phi) is 7.78. The fourth-order valence-corrected chi connectivity index (χ4v) is 3.28. The number of halogens is 2. The molecule has 2 amide bonds. The Morgan fingerprint density at radius 2 is 1.62 bits per heavy atom. The van der Waals surface area contributed by atoms with Gasteiger partial charge in [0.25, 0.3) is 0 Å². The minimum absolute atomic E-state index is 0.254. The second-order valence-corrected chi connectivity index (χ2v) is 7.55. The summed E-state index contributed by atoms with van der Waals surface area (Å²) in [4.78, 5) is 12.0. The highest BCUT2D eigenvalue weighted by Crippen LogP contribution is 2.27. The molecule has 150 valence electrons. The van der Waals surface area contributed by atoms with Gasteiger partial charge in [0.15, 0.2) is 0 Å². The number of rotatable bonds is 8. The second kappa shape index (κ2) is 10.7. The van der Waals surface area contributed by atoms with Crippen LogP contribution in [0.5, 0.6) is 5.75 Å². The summed E-state index contributed by atoms with van der Waals surface area (Å²) in [6.45, 7) is 0.953. The van der Waals surface area contributed by atoms with Crippen LogP contribution in [0.3, 0.4) is 0 Å². The van der Waals surface area contributed by atoms with E-state index < -0.39 is 0 Å². The minimum atomic E-state index is -0.254. The third kappa shape index (κ3) is 7.00. The monoisotopic (exact) mass is 473 g/mol. The van der Waals surface area contributed by atoms with Gasteiger partial charge in [-0.05, 0) is 61.0 Å². The highest BCUT2D eigenvalue weighted by Gasteiger charge is 2.04. The van der Waals surface area contributed by atoms with Crippen LogP contribution in [0.1, 0.15) is 6.42 Å². The maximum atomic E-state index is 12.0. The summed E-state index contributed by atoms with van der Waals surface area (Å²) in [5.74, 6) is 0.628. The molecule has 0 atom stereocenters. The first-order chi connectivity index (χ1) is 14.1. The second-order valence-electron chi connectivity index (χ2n) is 6.23. The van der Waals surface area contributed by atoms with Crippen molar-refractivity contribution in [3.63, 3.8) is 0 Å². The number of hydrogen-bond acceptors (Lipinski definition) is 3. The fraction of sp³-hybridized carbons (Fsp3) is 0.136. The average Bonchev–Trinajstić information content (AvgIpc) is 2.71. The van der Waals surface area contributed by atoms with Crippen LogP contribution in [0.2, 0.25) is 5.02 Å². The molecule has 0 radical (unpaired) electrons. The number of para-hydroxylation sites is 1. The van der Waals surface area contributed by atoms with E-state index in [-0.39, 0.29) is 6.03 Å². The fourth-order valence-electron chi connectivity index (χ4n) is 2.55. The van der Waals surface area contributed by atoms with Crippen molar-refractivity contribution < 1.29 is 9.53 Å². The maximum absolute atomic E-state index is 12.0. The largest absolute Gasteiger partial charge is 0.492 e. The molecule has 0 aliphatic heterocycles. The molecule has 29 heavy (non-hydrogen) atoms. The predicted octanol–water partition coefficient (Wildman–Crippen LogP) is 6.44. The van der Waals surface area contributed by atoms with Gasteiger partial charge in [0, 0.05) is 28.1 Å². The van der Waals surface area contributed by atoms with E-state index in [1.54, 1.807) is 6.07 Å². The number of carbonyl (C=O) groups is 1. The summed E-state index contributed by atoms with van der Waals surface area (Å²) < 4.78 is 6.52. The van der Waals surface area contributed by atoms with E-state index in [0.717, 1.165) is 21.5 Å². The Bertz CT molecular complexity index is 937. The molecule has 5 nitrogen and oxygen atoms in total. The Balaban J connectivity index is 1.36. The lowest BCUT2D eigenvalue weighted by atomic mass is 10.2. The number of ether oxygens (including phenoxy) is 1. The third-order valence-corrected chi connectivity index (χ3v) is 4.75. The standard InChI is InChI=1S/C22H21BrClN3O2/c23-16-7-12-21(20(24)15-16)29-14-4-13-25-22(28)27-19-10-8-18(9-11-19)26-17-5-2-1-3-6-17/h1-3,5-12,15,26H,4,13-14H2,(H2,25,27,28). The number of nitrogens with one attached hydrogen (secondary N) is 3. The number of benzene rings is 3. The zero-order chi connectivity index (χ0) is 20.5. The van der Waals surface area contributed by atoms with Gasteiger partial charge < -0.3 is 20.7 Å². The number of amides is 2. The van der Waals surface area contributed by atoms with E-state index in [1.165, 1.54) is 0 Å². The molecule has 0 fully saturated rings. The van der Waals surface area contributed by atoms with Gasteiger partial charge in [0.1, 0.15) is 5.75 Å². The quantitative estimate of drug-likeness (QED) is 0.329. The molecule has 0 unspecified atom stereocenters. The smallest absolute Gasteiger partial charge is 0.319 e. The van der Waals surface area contributed by atoms with Crippen LogP contribution in [-0.2, 0) is 0 Å². The highest BCUT2D eigenvalue weighted by atomic mass is 79.9. The molecule has 3 N–H and O–H groups in total. The summed E-state index contributed by atoms with van der Waals surface area (Å²) in [7, 11) is 0.